The number of nitrogens with one attached hydrogen (secondary N) is 1. The van der Waals surface area contributed by atoms with E-state index in [4.69, 9.17) is 17.4 Å². The van der Waals surface area contributed by atoms with Crippen molar-refractivity contribution in [3.05, 3.63) is 34.7 Å². The van der Waals surface area contributed by atoms with E-state index < -0.39 is 11.0 Å². The number of hydrogen-bond donors (Lipinski definition) is 2. The molecule has 7 heteroatoms. The number of carbonyl (C=O) groups excluding carboxylic acids is 1. The first-order valence-electron chi connectivity index (χ1n) is 4.58. The predicted molar refractivity (Wildman–Crippen MR) is 73.3 cm³/mol. The van der Waals surface area contributed by atoms with E-state index in [0.29, 0.717) is 19.7 Å². The number of thiocarbonyl (C=S) groups is 1. The van der Waals surface area contributed by atoms with Crippen molar-refractivity contribution in [3.8, 4) is 0 Å². The summed E-state index contributed by atoms with van der Waals surface area (Å²) in [4.78, 5) is 12.4. The molecule has 0 saturated carbocycles. The molecule has 88 valence electrons. The summed E-state index contributed by atoms with van der Waals surface area (Å²) in [5, 5.41) is 7.88. The Balaban J connectivity index is 2.42. The van der Waals surface area contributed by atoms with Crippen LogP contribution in [0.4, 0.5) is 0 Å². The zero-order valence-corrected chi connectivity index (χ0v) is 11.0. The van der Waals surface area contributed by atoms with Crippen molar-refractivity contribution in [1.29, 1.82) is 0 Å². The van der Waals surface area contributed by atoms with E-state index in [1.54, 1.807) is 30.3 Å². The fraction of sp³-hybridized carbons (Fsp3) is 0. The minimum Gasteiger partial charge on any atom is -0.307 e. The van der Waals surface area contributed by atoms with Gasteiger partial charge in [0.2, 0.25) is 0 Å². The van der Waals surface area contributed by atoms with E-state index in [1.807, 2.05) is 0 Å². The lowest BCUT2D eigenvalue weighted by atomic mass is 10.2. The number of hydrogen-bond acceptors (Lipinski definition) is 4. The maximum Gasteiger partial charge on any atom is 0.263 e. The van der Waals surface area contributed by atoms with Crippen LogP contribution in [0.2, 0.25) is 0 Å². The second-order valence-corrected chi connectivity index (χ2v) is 5.94. The van der Waals surface area contributed by atoms with Crippen LogP contribution in [-0.4, -0.2) is 14.4 Å². The molecule has 1 aromatic rings. The molecule has 1 fully saturated rings. The second-order valence-electron chi connectivity index (χ2n) is 3.19. The van der Waals surface area contributed by atoms with Gasteiger partial charge in [-0.3, -0.25) is 4.79 Å². The molecule has 1 aliphatic heterocycles. The third-order valence-electron chi connectivity index (χ3n) is 2.06. The molecule has 1 atom stereocenters. The molecule has 1 saturated heterocycles. The smallest absolute Gasteiger partial charge is 0.263 e. The summed E-state index contributed by atoms with van der Waals surface area (Å²) >= 11 is 6.06. The Morgan fingerprint density at radius 1 is 1.41 bits per heavy atom. The van der Waals surface area contributed by atoms with Gasteiger partial charge in [-0.05, 0) is 17.7 Å². The summed E-state index contributed by atoms with van der Waals surface area (Å²) in [5.74, 6) is -0.238. The Kier molecular flexibility index (Phi) is 3.72. The Morgan fingerprint density at radius 2 is 2.12 bits per heavy atom. The maximum absolute atomic E-state index is 11.5. The third kappa shape index (κ3) is 2.81. The lowest BCUT2D eigenvalue weighted by molar-refractivity contribution is -0.115. The molecule has 0 bridgehead atoms. The SMILES string of the molecule is NS(=O)c1ccccc1/C=C1\SC(=S)NC1=O. The largest absolute Gasteiger partial charge is 0.307 e. The van der Waals surface area contributed by atoms with E-state index in [1.165, 1.54) is 11.8 Å². The molecule has 2 rings (SSSR count). The third-order valence-corrected chi connectivity index (χ3v) is 4.03. The van der Waals surface area contributed by atoms with Crippen LogP contribution in [0, 0.1) is 0 Å². The van der Waals surface area contributed by atoms with Crippen molar-refractivity contribution in [3.63, 3.8) is 0 Å². The molecule has 3 N–H and O–H groups in total. The highest BCUT2D eigenvalue weighted by atomic mass is 32.2. The second kappa shape index (κ2) is 5.09. The maximum atomic E-state index is 11.5. The molecule has 0 spiro atoms. The van der Waals surface area contributed by atoms with E-state index in [9.17, 15) is 9.00 Å². The van der Waals surface area contributed by atoms with E-state index in [-0.39, 0.29) is 5.91 Å². The molecule has 1 aliphatic rings. The zero-order chi connectivity index (χ0) is 12.4. The summed E-state index contributed by atoms with van der Waals surface area (Å²) in [6.45, 7) is 0. The molecule has 4 nitrogen and oxygen atoms in total. The molecule has 1 amide bonds. The molecule has 0 aromatic heterocycles. The molecule has 17 heavy (non-hydrogen) atoms. The monoisotopic (exact) mass is 284 g/mol. The van der Waals surface area contributed by atoms with E-state index >= 15 is 0 Å². The zero-order valence-electron chi connectivity index (χ0n) is 8.51. The number of carbonyl (C=O) groups is 1. The van der Waals surface area contributed by atoms with Crippen LogP contribution >= 0.6 is 24.0 Å². The Hall–Kier alpha value is -1.02. The van der Waals surface area contributed by atoms with Crippen molar-refractivity contribution in [2.45, 2.75) is 4.90 Å². The molecule has 0 aliphatic carbocycles. The normalized spacial score (nSPS) is 19.5. The Labute approximate surface area is 110 Å². The number of rotatable bonds is 2. The van der Waals surface area contributed by atoms with Crippen LogP contribution in [0.15, 0.2) is 34.1 Å². The first-order chi connectivity index (χ1) is 8.08. The van der Waals surface area contributed by atoms with Gasteiger partial charge in [-0.2, -0.15) is 0 Å². The first-order valence-corrected chi connectivity index (χ1v) is 7.02. The highest BCUT2D eigenvalue weighted by Gasteiger charge is 2.22. The predicted octanol–water partition coefficient (Wildman–Crippen LogP) is 1.16. The van der Waals surface area contributed by atoms with E-state index in [2.05, 4.69) is 5.32 Å². The quantitative estimate of drug-likeness (QED) is 0.631. The van der Waals surface area contributed by atoms with Crippen LogP contribution in [0.5, 0.6) is 0 Å². The van der Waals surface area contributed by atoms with Gasteiger partial charge < -0.3 is 5.32 Å². The van der Waals surface area contributed by atoms with Gasteiger partial charge in [-0.15, -0.1) is 0 Å². The van der Waals surface area contributed by atoms with Gasteiger partial charge in [0.25, 0.3) is 5.91 Å². The van der Waals surface area contributed by atoms with Crippen LogP contribution in [0.3, 0.4) is 0 Å². The van der Waals surface area contributed by atoms with Gasteiger partial charge in [0, 0.05) is 0 Å². The summed E-state index contributed by atoms with van der Waals surface area (Å²) in [5.41, 5.74) is 0.663. The summed E-state index contributed by atoms with van der Waals surface area (Å²) < 4.78 is 11.7. The number of thioether (sulfide) groups is 1. The average Bonchev–Trinajstić information content (AvgIpc) is 2.58. The van der Waals surface area contributed by atoms with Gasteiger partial charge >= 0.3 is 0 Å². The molecule has 0 radical (unpaired) electrons. The molecule has 1 unspecified atom stereocenters. The van der Waals surface area contributed by atoms with Crippen molar-refractivity contribution in [1.82, 2.24) is 5.32 Å². The van der Waals surface area contributed by atoms with Crippen LogP contribution in [0.25, 0.3) is 6.08 Å². The number of nitrogens with two attached hydrogens (primary N) is 1. The summed E-state index contributed by atoms with van der Waals surface area (Å²) in [6.07, 6.45) is 1.64. The first kappa shape index (κ1) is 12.4. The lowest BCUT2D eigenvalue weighted by Crippen LogP contribution is -2.17. The Morgan fingerprint density at radius 3 is 2.71 bits per heavy atom. The lowest BCUT2D eigenvalue weighted by Gasteiger charge is -2.01. The highest BCUT2D eigenvalue weighted by molar-refractivity contribution is 8.26. The average molecular weight is 284 g/mol. The van der Waals surface area contributed by atoms with Crippen molar-refractivity contribution in [2.24, 2.45) is 5.14 Å². The standard InChI is InChI=1S/C10H8N2O2S3/c11-17(14)8-4-2-1-3-6(8)5-7-9(13)12-10(15)16-7/h1-5H,11H2,(H,12,13,15)/b7-5-. The molecular formula is C10H8N2O2S3. The minimum atomic E-state index is -1.58. The van der Waals surface area contributed by atoms with Crippen LogP contribution < -0.4 is 10.5 Å². The number of benzene rings is 1. The molecule has 1 aromatic carbocycles. The summed E-state index contributed by atoms with van der Waals surface area (Å²) in [7, 11) is -1.58. The van der Waals surface area contributed by atoms with Crippen molar-refractivity contribution >= 4 is 51.3 Å². The van der Waals surface area contributed by atoms with Gasteiger partial charge in [0.15, 0.2) is 0 Å². The van der Waals surface area contributed by atoms with Gasteiger partial charge in [0.1, 0.15) is 15.3 Å². The fourth-order valence-electron chi connectivity index (χ4n) is 1.35. The van der Waals surface area contributed by atoms with Crippen molar-refractivity contribution < 1.29 is 9.00 Å². The van der Waals surface area contributed by atoms with Crippen molar-refractivity contribution in [2.75, 3.05) is 0 Å². The number of amides is 1. The highest BCUT2D eigenvalue weighted by Crippen LogP contribution is 2.27. The summed E-state index contributed by atoms with van der Waals surface area (Å²) in [6, 6.07) is 6.95. The topological polar surface area (TPSA) is 72.2 Å². The Bertz CT molecular complexity index is 554. The van der Waals surface area contributed by atoms with Gasteiger partial charge in [0.05, 0.1) is 9.80 Å². The van der Waals surface area contributed by atoms with E-state index in [0.717, 1.165) is 0 Å². The molecule has 1 heterocycles. The van der Waals surface area contributed by atoms with Crippen LogP contribution in [-0.2, 0) is 15.8 Å². The van der Waals surface area contributed by atoms with Crippen LogP contribution in [0.1, 0.15) is 5.56 Å². The van der Waals surface area contributed by atoms with Gasteiger partial charge in [-0.25, -0.2) is 9.35 Å². The fourth-order valence-corrected chi connectivity index (χ4v) is 2.95. The molecular weight excluding hydrogens is 276 g/mol. The van der Waals surface area contributed by atoms with Gasteiger partial charge in [-0.1, -0.05) is 42.2 Å². The minimum absolute atomic E-state index is 0.238.